The molecule has 11 heteroatoms. The van der Waals surface area contributed by atoms with Gasteiger partial charge in [-0.05, 0) is 29.5 Å². The van der Waals surface area contributed by atoms with Gasteiger partial charge in [0, 0.05) is 38.1 Å². The first kappa shape index (κ1) is 19.4. The van der Waals surface area contributed by atoms with Gasteiger partial charge in [-0.2, -0.15) is 0 Å². The number of aromatic nitrogens is 2. The Balaban J connectivity index is 1.24. The molecule has 0 bridgehead atoms. The molecule has 3 N–H and O–H groups in total. The number of nitrogens with one attached hydrogen (secondary N) is 2. The number of carbonyl (C=O) groups excluding carboxylic acids is 1. The van der Waals surface area contributed by atoms with Crippen molar-refractivity contribution in [2.24, 2.45) is 11.8 Å². The summed E-state index contributed by atoms with van der Waals surface area (Å²) in [6.45, 7) is 2.13. The van der Waals surface area contributed by atoms with Crippen LogP contribution in [0.5, 0.6) is 5.75 Å². The molecule has 1 aromatic heterocycles. The summed E-state index contributed by atoms with van der Waals surface area (Å²) >= 11 is 0. The second-order valence-electron chi connectivity index (χ2n) is 7.04. The number of carbonyl (C=O) groups is 1. The van der Waals surface area contributed by atoms with Crippen LogP contribution >= 0.6 is 0 Å². The van der Waals surface area contributed by atoms with Gasteiger partial charge in [-0.25, -0.2) is 15.4 Å². The summed E-state index contributed by atoms with van der Waals surface area (Å²) in [6.07, 6.45) is -1.97. The number of ether oxygens (including phenoxy) is 1. The van der Waals surface area contributed by atoms with Crippen molar-refractivity contribution in [1.82, 2.24) is 20.8 Å². The fourth-order valence-corrected chi connectivity index (χ4v) is 3.70. The molecular formula is C18H18F3N5O3. The number of hydrogen-bond acceptors (Lipinski definition) is 7. The van der Waals surface area contributed by atoms with Crippen molar-refractivity contribution in [2.45, 2.75) is 18.9 Å². The predicted octanol–water partition coefficient (Wildman–Crippen LogP) is 1.72. The molecule has 29 heavy (non-hydrogen) atoms. The van der Waals surface area contributed by atoms with Gasteiger partial charge in [0.25, 0.3) is 5.91 Å². The minimum atomic E-state index is -4.69. The molecule has 1 amide bonds. The standard InChI is InChI=1S/C18H18F3N5O3/c19-18(20,21)29-12-3-1-10(2-4-12)5-22-15-13-8-26(9-14(13)15)17-23-6-11(7-24-17)16(27)25-28/h1-4,6-7,13-15,22,28H,5,8-9H2,(H,25,27)/t13-,14+,15?. The first-order chi connectivity index (χ1) is 13.8. The van der Waals surface area contributed by atoms with E-state index in [2.05, 4.69) is 20.0 Å². The minimum Gasteiger partial charge on any atom is -0.406 e. The highest BCUT2D eigenvalue weighted by Crippen LogP contribution is 2.46. The average molecular weight is 409 g/mol. The quantitative estimate of drug-likeness (QED) is 0.494. The van der Waals surface area contributed by atoms with E-state index in [-0.39, 0.29) is 11.3 Å². The summed E-state index contributed by atoms with van der Waals surface area (Å²) in [6, 6.07) is 6.17. The van der Waals surface area contributed by atoms with Crippen LogP contribution < -0.4 is 20.4 Å². The summed E-state index contributed by atoms with van der Waals surface area (Å²) in [5.41, 5.74) is 2.58. The van der Waals surface area contributed by atoms with Crippen LogP contribution in [0.15, 0.2) is 36.7 Å². The number of anilines is 1. The zero-order chi connectivity index (χ0) is 20.6. The maximum atomic E-state index is 12.2. The maximum absolute atomic E-state index is 12.2. The Morgan fingerprint density at radius 2 is 1.79 bits per heavy atom. The van der Waals surface area contributed by atoms with Gasteiger partial charge in [0.1, 0.15) is 5.75 Å². The van der Waals surface area contributed by atoms with Crippen LogP contribution in [0.4, 0.5) is 19.1 Å². The lowest BCUT2D eigenvalue weighted by molar-refractivity contribution is -0.274. The van der Waals surface area contributed by atoms with Crippen molar-refractivity contribution in [1.29, 1.82) is 0 Å². The molecule has 1 saturated heterocycles. The van der Waals surface area contributed by atoms with Crippen molar-refractivity contribution in [3.05, 3.63) is 47.8 Å². The van der Waals surface area contributed by atoms with Crippen LogP contribution in [-0.4, -0.2) is 46.6 Å². The minimum absolute atomic E-state index is 0.173. The van der Waals surface area contributed by atoms with E-state index in [4.69, 9.17) is 5.21 Å². The predicted molar refractivity (Wildman–Crippen MR) is 94.2 cm³/mol. The van der Waals surface area contributed by atoms with Crippen molar-refractivity contribution < 1.29 is 27.9 Å². The van der Waals surface area contributed by atoms with Crippen molar-refractivity contribution >= 4 is 11.9 Å². The summed E-state index contributed by atoms with van der Waals surface area (Å²) < 4.78 is 40.4. The van der Waals surface area contributed by atoms with Crippen molar-refractivity contribution in [3.63, 3.8) is 0 Å². The molecule has 1 aliphatic carbocycles. The lowest BCUT2D eigenvalue weighted by atomic mass is 10.2. The van der Waals surface area contributed by atoms with E-state index < -0.39 is 12.3 Å². The van der Waals surface area contributed by atoms with E-state index in [1.54, 1.807) is 12.1 Å². The molecule has 8 nitrogen and oxygen atoms in total. The number of rotatable bonds is 6. The molecular weight excluding hydrogens is 391 g/mol. The third-order valence-electron chi connectivity index (χ3n) is 5.18. The van der Waals surface area contributed by atoms with E-state index in [1.165, 1.54) is 30.0 Å². The van der Waals surface area contributed by atoms with E-state index in [0.717, 1.165) is 18.7 Å². The van der Waals surface area contributed by atoms with Gasteiger partial charge >= 0.3 is 6.36 Å². The Kier molecular flexibility index (Phi) is 5.01. The number of halogens is 3. The number of alkyl halides is 3. The molecule has 1 unspecified atom stereocenters. The number of fused-ring (bicyclic) bond motifs is 1. The molecule has 2 heterocycles. The number of hydroxylamine groups is 1. The molecule has 1 aromatic carbocycles. The topological polar surface area (TPSA) is 99.6 Å². The number of amides is 1. The molecule has 0 spiro atoms. The van der Waals surface area contributed by atoms with E-state index in [1.807, 2.05) is 4.90 Å². The number of hydrogen-bond donors (Lipinski definition) is 3. The van der Waals surface area contributed by atoms with Gasteiger partial charge in [0.05, 0.1) is 5.56 Å². The van der Waals surface area contributed by atoms with Crippen LogP contribution in [0.2, 0.25) is 0 Å². The smallest absolute Gasteiger partial charge is 0.406 e. The Bertz CT molecular complexity index is 864. The highest BCUT2D eigenvalue weighted by molar-refractivity contribution is 5.92. The highest BCUT2D eigenvalue weighted by Gasteiger charge is 2.55. The Hall–Kier alpha value is -2.92. The van der Waals surface area contributed by atoms with Gasteiger partial charge in [-0.15, -0.1) is 13.2 Å². The normalized spacial score (nSPS) is 22.9. The average Bonchev–Trinajstić information content (AvgIpc) is 3.14. The Morgan fingerprint density at radius 3 is 2.34 bits per heavy atom. The number of nitrogens with zero attached hydrogens (tertiary/aromatic N) is 3. The van der Waals surface area contributed by atoms with Crippen LogP contribution in [-0.2, 0) is 6.54 Å². The molecule has 1 aliphatic heterocycles. The van der Waals surface area contributed by atoms with E-state index >= 15 is 0 Å². The second kappa shape index (κ2) is 7.48. The van der Waals surface area contributed by atoms with Gasteiger partial charge in [-0.1, -0.05) is 12.1 Å². The first-order valence-electron chi connectivity index (χ1n) is 8.93. The maximum Gasteiger partial charge on any atom is 0.573 e. The molecule has 154 valence electrons. The number of piperidine rings is 1. The Labute approximate surface area is 163 Å². The molecule has 3 atom stereocenters. The summed E-state index contributed by atoms with van der Waals surface area (Å²) in [4.78, 5) is 21.7. The van der Waals surface area contributed by atoms with Crippen LogP contribution in [0.1, 0.15) is 15.9 Å². The van der Waals surface area contributed by atoms with E-state index in [9.17, 15) is 18.0 Å². The molecule has 2 aromatic rings. The molecule has 2 aliphatic rings. The van der Waals surface area contributed by atoms with Crippen molar-refractivity contribution in [2.75, 3.05) is 18.0 Å². The largest absolute Gasteiger partial charge is 0.573 e. The Morgan fingerprint density at radius 1 is 1.17 bits per heavy atom. The first-order valence-corrected chi connectivity index (χ1v) is 8.93. The molecule has 0 radical (unpaired) electrons. The van der Waals surface area contributed by atoms with Crippen LogP contribution in [0.3, 0.4) is 0 Å². The fourth-order valence-electron chi connectivity index (χ4n) is 3.70. The molecule has 1 saturated carbocycles. The van der Waals surface area contributed by atoms with Gasteiger partial charge in [-0.3, -0.25) is 10.0 Å². The SMILES string of the molecule is O=C(NO)c1cnc(N2C[C@@H]3C(NCc4ccc(OC(F)(F)F)cc4)[C@@H]3C2)nc1. The van der Waals surface area contributed by atoms with Gasteiger partial charge < -0.3 is 15.0 Å². The molecule has 4 rings (SSSR count). The third-order valence-corrected chi connectivity index (χ3v) is 5.18. The zero-order valence-corrected chi connectivity index (χ0v) is 15.1. The second-order valence-corrected chi connectivity index (χ2v) is 7.04. The summed E-state index contributed by atoms with van der Waals surface area (Å²) in [5.74, 6) is 0.537. The van der Waals surface area contributed by atoms with Crippen molar-refractivity contribution in [3.8, 4) is 5.75 Å². The van der Waals surface area contributed by atoms with Crippen LogP contribution in [0, 0.1) is 11.8 Å². The lowest BCUT2D eigenvalue weighted by Crippen LogP contribution is -2.32. The summed E-state index contributed by atoms with van der Waals surface area (Å²) in [5, 5.41) is 12.0. The number of benzene rings is 1. The van der Waals surface area contributed by atoms with Gasteiger partial charge in [0.2, 0.25) is 5.95 Å². The van der Waals surface area contributed by atoms with Gasteiger partial charge in [0.15, 0.2) is 0 Å². The molecule has 2 fully saturated rings. The fraction of sp³-hybridized carbons (Fsp3) is 0.389. The van der Waals surface area contributed by atoms with E-state index in [0.29, 0.717) is 30.4 Å². The lowest BCUT2D eigenvalue weighted by Gasteiger charge is -2.20. The highest BCUT2D eigenvalue weighted by atomic mass is 19.4. The third kappa shape index (κ3) is 4.40. The zero-order valence-electron chi connectivity index (χ0n) is 15.1. The summed E-state index contributed by atoms with van der Waals surface area (Å²) in [7, 11) is 0. The van der Waals surface area contributed by atoms with Crippen LogP contribution in [0.25, 0.3) is 0 Å². The monoisotopic (exact) mass is 409 g/mol.